The first-order valence-electron chi connectivity index (χ1n) is 5.90. The van der Waals surface area contributed by atoms with Gasteiger partial charge in [0.25, 0.3) is 0 Å². The summed E-state index contributed by atoms with van der Waals surface area (Å²) in [4.78, 5) is 13.4. The van der Waals surface area contributed by atoms with Crippen LogP contribution in [0.15, 0.2) is 0 Å². The number of amides is 1. The number of hydrogen-bond donors (Lipinski definition) is 1. The van der Waals surface area contributed by atoms with Gasteiger partial charge in [0.2, 0.25) is 5.91 Å². The van der Waals surface area contributed by atoms with Gasteiger partial charge in [-0.05, 0) is 44.3 Å². The molecule has 0 radical (unpaired) electrons. The maximum absolute atomic E-state index is 11.0. The zero-order valence-electron chi connectivity index (χ0n) is 10.3. The number of carbonyl (C=O) groups excluding carboxylic acids is 1. The minimum atomic E-state index is -0.120. The predicted octanol–water partition coefficient (Wildman–Crippen LogP) is 1.62. The first-order chi connectivity index (χ1) is 6.88. The van der Waals surface area contributed by atoms with Crippen LogP contribution in [-0.4, -0.2) is 30.4 Å². The van der Waals surface area contributed by atoms with E-state index >= 15 is 0 Å². The fourth-order valence-electron chi connectivity index (χ4n) is 1.93. The number of hydrogen-bond acceptors (Lipinski definition) is 2. The van der Waals surface area contributed by atoms with Crippen molar-refractivity contribution in [1.82, 2.24) is 4.90 Å². The maximum Gasteiger partial charge on any atom is 0.220 e. The molecule has 88 valence electrons. The minimum absolute atomic E-state index is 0.120. The summed E-state index contributed by atoms with van der Waals surface area (Å²) in [6, 6.07) is 0. The first kappa shape index (κ1) is 12.5. The second kappa shape index (κ2) is 4.97. The molecule has 0 atom stereocenters. The highest BCUT2D eigenvalue weighted by molar-refractivity contribution is 5.76. The molecule has 1 rings (SSSR count). The molecule has 2 N–H and O–H groups in total. The molecule has 15 heavy (non-hydrogen) atoms. The Morgan fingerprint density at radius 2 is 1.87 bits per heavy atom. The molecule has 0 unspecified atom stereocenters. The Morgan fingerprint density at radius 1 is 1.33 bits per heavy atom. The third kappa shape index (κ3) is 4.65. The third-order valence-corrected chi connectivity index (χ3v) is 3.17. The van der Waals surface area contributed by atoms with E-state index in [1.807, 2.05) is 0 Å². The van der Waals surface area contributed by atoms with Crippen molar-refractivity contribution >= 4 is 5.91 Å². The molecule has 0 bridgehead atoms. The van der Waals surface area contributed by atoms with Crippen molar-refractivity contribution in [3.8, 4) is 0 Å². The Bertz CT molecular complexity index is 212. The van der Waals surface area contributed by atoms with Crippen LogP contribution in [0, 0.1) is 11.3 Å². The van der Waals surface area contributed by atoms with Crippen molar-refractivity contribution in [2.75, 3.05) is 19.6 Å². The summed E-state index contributed by atoms with van der Waals surface area (Å²) < 4.78 is 0. The molecule has 3 nitrogen and oxygen atoms in total. The Labute approximate surface area is 93.0 Å². The summed E-state index contributed by atoms with van der Waals surface area (Å²) in [6.07, 6.45) is 3.10. The van der Waals surface area contributed by atoms with Gasteiger partial charge < -0.3 is 10.6 Å². The zero-order chi connectivity index (χ0) is 11.5. The van der Waals surface area contributed by atoms with Gasteiger partial charge >= 0.3 is 0 Å². The van der Waals surface area contributed by atoms with Crippen LogP contribution in [-0.2, 0) is 4.79 Å². The summed E-state index contributed by atoms with van der Waals surface area (Å²) >= 11 is 0. The number of primary amides is 1. The first-order valence-corrected chi connectivity index (χ1v) is 5.90. The van der Waals surface area contributed by atoms with Crippen LogP contribution >= 0.6 is 0 Å². The van der Waals surface area contributed by atoms with Gasteiger partial charge in [-0.15, -0.1) is 0 Å². The molecule has 1 saturated heterocycles. The number of nitrogens with zero attached hydrogens (tertiary/aromatic N) is 1. The Kier molecular flexibility index (Phi) is 4.14. The summed E-state index contributed by atoms with van der Waals surface area (Å²) in [5.74, 6) is 0.00126. The highest BCUT2D eigenvalue weighted by Crippen LogP contribution is 2.22. The lowest BCUT2D eigenvalue weighted by Crippen LogP contribution is -2.39. The predicted molar refractivity (Wildman–Crippen MR) is 62.4 cm³/mol. The third-order valence-electron chi connectivity index (χ3n) is 3.17. The van der Waals surface area contributed by atoms with Crippen molar-refractivity contribution < 1.29 is 4.79 Å². The van der Waals surface area contributed by atoms with Crippen LogP contribution in [0.5, 0.6) is 0 Å². The molecule has 0 aliphatic carbocycles. The molecule has 1 aliphatic rings. The van der Waals surface area contributed by atoms with E-state index in [0.29, 0.717) is 5.41 Å². The summed E-state index contributed by atoms with van der Waals surface area (Å²) in [5, 5.41) is 0. The molecule has 0 spiro atoms. The van der Waals surface area contributed by atoms with Crippen LogP contribution < -0.4 is 5.73 Å². The van der Waals surface area contributed by atoms with Gasteiger partial charge in [-0.1, -0.05) is 20.8 Å². The number of carbonyl (C=O) groups is 1. The topological polar surface area (TPSA) is 46.3 Å². The molecule has 1 fully saturated rings. The van der Waals surface area contributed by atoms with Crippen molar-refractivity contribution in [2.45, 2.75) is 40.0 Å². The van der Waals surface area contributed by atoms with Crippen LogP contribution in [0.25, 0.3) is 0 Å². The molecule has 1 amide bonds. The smallest absolute Gasteiger partial charge is 0.220 e. The molecule has 0 aromatic heterocycles. The van der Waals surface area contributed by atoms with Crippen LogP contribution in [0.1, 0.15) is 40.0 Å². The van der Waals surface area contributed by atoms with Gasteiger partial charge in [0.1, 0.15) is 0 Å². The van der Waals surface area contributed by atoms with Crippen molar-refractivity contribution in [1.29, 1.82) is 0 Å². The van der Waals surface area contributed by atoms with Crippen LogP contribution in [0.4, 0.5) is 0 Å². The Morgan fingerprint density at radius 3 is 2.27 bits per heavy atom. The monoisotopic (exact) mass is 212 g/mol. The molecule has 0 aromatic rings. The van der Waals surface area contributed by atoms with Crippen LogP contribution in [0.2, 0.25) is 0 Å². The van der Waals surface area contributed by atoms with Crippen molar-refractivity contribution in [3.05, 3.63) is 0 Å². The largest absolute Gasteiger partial charge is 0.369 e. The standard InChI is InChI=1S/C12H24N2O/c1-12(2,3)6-9-14-7-4-10(5-8-14)11(13)15/h10H,4-9H2,1-3H3,(H2,13,15). The number of piperidine rings is 1. The van der Waals surface area contributed by atoms with Gasteiger partial charge in [0, 0.05) is 5.92 Å². The number of nitrogens with two attached hydrogens (primary N) is 1. The maximum atomic E-state index is 11.0. The fraction of sp³-hybridized carbons (Fsp3) is 0.917. The van der Waals surface area contributed by atoms with Gasteiger partial charge in [0.15, 0.2) is 0 Å². The highest BCUT2D eigenvalue weighted by Gasteiger charge is 2.23. The van der Waals surface area contributed by atoms with E-state index in [0.717, 1.165) is 32.5 Å². The van der Waals surface area contributed by atoms with Gasteiger partial charge in [-0.2, -0.15) is 0 Å². The molecule has 1 heterocycles. The van der Waals surface area contributed by atoms with E-state index in [2.05, 4.69) is 25.7 Å². The molecular weight excluding hydrogens is 188 g/mol. The molecule has 3 heteroatoms. The average Bonchev–Trinajstić information content (AvgIpc) is 2.14. The van der Waals surface area contributed by atoms with Gasteiger partial charge in [-0.3, -0.25) is 4.79 Å². The van der Waals surface area contributed by atoms with Crippen molar-refractivity contribution in [3.63, 3.8) is 0 Å². The lowest BCUT2D eigenvalue weighted by molar-refractivity contribution is -0.123. The molecular formula is C12H24N2O. The quantitative estimate of drug-likeness (QED) is 0.772. The Balaban J connectivity index is 2.23. The summed E-state index contributed by atoms with van der Waals surface area (Å²) in [5.41, 5.74) is 5.70. The summed E-state index contributed by atoms with van der Waals surface area (Å²) in [7, 11) is 0. The number of likely N-dealkylation sites (tertiary alicyclic amines) is 1. The van der Waals surface area contributed by atoms with Crippen molar-refractivity contribution in [2.24, 2.45) is 17.1 Å². The van der Waals surface area contributed by atoms with E-state index in [1.165, 1.54) is 6.42 Å². The molecule has 1 aliphatic heterocycles. The SMILES string of the molecule is CC(C)(C)CCN1CCC(C(N)=O)CC1. The average molecular weight is 212 g/mol. The highest BCUT2D eigenvalue weighted by atomic mass is 16.1. The lowest BCUT2D eigenvalue weighted by Gasteiger charge is -2.32. The Hall–Kier alpha value is -0.570. The van der Waals surface area contributed by atoms with E-state index in [-0.39, 0.29) is 11.8 Å². The van der Waals surface area contributed by atoms with Gasteiger partial charge in [-0.25, -0.2) is 0 Å². The second-order valence-electron chi connectivity index (χ2n) is 5.83. The van der Waals surface area contributed by atoms with E-state index < -0.39 is 0 Å². The molecule has 0 aromatic carbocycles. The minimum Gasteiger partial charge on any atom is -0.369 e. The van der Waals surface area contributed by atoms with E-state index in [9.17, 15) is 4.79 Å². The molecule has 0 saturated carbocycles. The normalized spacial score (nSPS) is 20.5. The van der Waals surface area contributed by atoms with E-state index in [1.54, 1.807) is 0 Å². The van der Waals surface area contributed by atoms with Crippen LogP contribution in [0.3, 0.4) is 0 Å². The number of rotatable bonds is 3. The summed E-state index contributed by atoms with van der Waals surface area (Å²) in [6.45, 7) is 10.0. The lowest BCUT2D eigenvalue weighted by atomic mass is 9.91. The van der Waals surface area contributed by atoms with Gasteiger partial charge in [0.05, 0.1) is 0 Å². The fourth-order valence-corrected chi connectivity index (χ4v) is 1.93. The zero-order valence-corrected chi connectivity index (χ0v) is 10.3. The second-order valence-corrected chi connectivity index (χ2v) is 5.83. The van der Waals surface area contributed by atoms with E-state index in [4.69, 9.17) is 5.73 Å².